The first-order chi connectivity index (χ1) is 8.63. The summed E-state index contributed by atoms with van der Waals surface area (Å²) in [5.41, 5.74) is 7.95. The zero-order valence-electron chi connectivity index (χ0n) is 9.46. The van der Waals surface area contributed by atoms with Crippen molar-refractivity contribution >= 4 is 17.6 Å². The first-order valence-electron chi connectivity index (χ1n) is 5.27. The van der Waals surface area contributed by atoms with E-state index in [9.17, 15) is 10.1 Å². The molecule has 0 aliphatic heterocycles. The molecule has 90 valence electrons. The van der Waals surface area contributed by atoms with Gasteiger partial charge in [0.1, 0.15) is 0 Å². The van der Waals surface area contributed by atoms with Crippen molar-refractivity contribution in [3.63, 3.8) is 0 Å². The summed E-state index contributed by atoms with van der Waals surface area (Å²) in [6.45, 7) is 0. The van der Waals surface area contributed by atoms with Gasteiger partial charge in [0.15, 0.2) is 0 Å². The number of nitrogens with one attached hydrogen (secondary N) is 1. The van der Waals surface area contributed by atoms with Crippen LogP contribution in [0.3, 0.4) is 0 Å². The molecular formula is C13H11N3O2. The third-order valence-corrected chi connectivity index (χ3v) is 2.65. The SMILES string of the molecule is N=Cc1cc([N+](=O)[O-])cc(-c2ccccc2)c1N. The Morgan fingerprint density at radius 1 is 1.22 bits per heavy atom. The highest BCUT2D eigenvalue weighted by Crippen LogP contribution is 2.32. The first kappa shape index (κ1) is 11.8. The highest BCUT2D eigenvalue weighted by Gasteiger charge is 2.14. The monoisotopic (exact) mass is 241 g/mol. The number of anilines is 1. The molecule has 0 fully saturated rings. The van der Waals surface area contributed by atoms with Crippen LogP contribution in [0.4, 0.5) is 11.4 Å². The zero-order valence-corrected chi connectivity index (χ0v) is 9.46. The summed E-state index contributed by atoms with van der Waals surface area (Å²) in [5.74, 6) is 0. The molecule has 2 aromatic rings. The topological polar surface area (TPSA) is 93.0 Å². The molecule has 3 N–H and O–H groups in total. The van der Waals surface area contributed by atoms with Crippen molar-refractivity contribution in [3.05, 3.63) is 58.1 Å². The van der Waals surface area contributed by atoms with E-state index in [0.717, 1.165) is 11.8 Å². The standard InChI is InChI=1S/C13H11N3O2/c14-8-10-6-11(16(17)18)7-12(13(10)15)9-4-2-1-3-5-9/h1-8,14H,15H2. The summed E-state index contributed by atoms with van der Waals surface area (Å²) < 4.78 is 0. The number of nitrogen functional groups attached to an aromatic ring is 1. The molecular weight excluding hydrogens is 230 g/mol. The fraction of sp³-hybridized carbons (Fsp3) is 0. The summed E-state index contributed by atoms with van der Waals surface area (Å²) in [4.78, 5) is 10.4. The van der Waals surface area contributed by atoms with Crippen molar-refractivity contribution in [2.75, 3.05) is 5.73 Å². The molecule has 0 aliphatic carbocycles. The first-order valence-corrected chi connectivity index (χ1v) is 5.27. The molecule has 0 spiro atoms. The van der Waals surface area contributed by atoms with Crippen LogP contribution in [-0.2, 0) is 0 Å². The molecule has 5 heteroatoms. The van der Waals surface area contributed by atoms with Crippen molar-refractivity contribution in [3.8, 4) is 11.1 Å². The number of rotatable bonds is 3. The minimum atomic E-state index is -0.487. The maximum atomic E-state index is 10.9. The molecule has 0 radical (unpaired) electrons. The lowest BCUT2D eigenvalue weighted by Gasteiger charge is -2.08. The van der Waals surface area contributed by atoms with E-state index in [4.69, 9.17) is 11.1 Å². The highest BCUT2D eigenvalue weighted by molar-refractivity contribution is 5.93. The Kier molecular flexibility index (Phi) is 3.05. The van der Waals surface area contributed by atoms with Gasteiger partial charge in [0, 0.05) is 35.2 Å². The maximum Gasteiger partial charge on any atom is 0.270 e. The molecule has 18 heavy (non-hydrogen) atoms. The van der Waals surface area contributed by atoms with Gasteiger partial charge in [-0.1, -0.05) is 30.3 Å². The lowest BCUT2D eigenvalue weighted by molar-refractivity contribution is -0.384. The Labute approximate surface area is 104 Å². The Morgan fingerprint density at radius 3 is 2.44 bits per heavy atom. The molecule has 0 unspecified atom stereocenters. The molecule has 0 aromatic heterocycles. The number of nitro benzene ring substituents is 1. The molecule has 0 heterocycles. The average Bonchev–Trinajstić information content (AvgIpc) is 2.39. The van der Waals surface area contributed by atoms with Crippen LogP contribution in [0.5, 0.6) is 0 Å². The molecule has 2 rings (SSSR count). The minimum absolute atomic E-state index is 0.0680. The third-order valence-electron chi connectivity index (χ3n) is 2.65. The second-order valence-corrected chi connectivity index (χ2v) is 3.76. The van der Waals surface area contributed by atoms with E-state index in [0.29, 0.717) is 16.8 Å². The molecule has 0 aliphatic rings. The number of nitrogens with zero attached hydrogens (tertiary/aromatic N) is 1. The van der Waals surface area contributed by atoms with Crippen LogP contribution in [0.15, 0.2) is 42.5 Å². The van der Waals surface area contributed by atoms with Crippen molar-refractivity contribution in [1.29, 1.82) is 5.41 Å². The molecule has 0 amide bonds. The van der Waals surface area contributed by atoms with Gasteiger partial charge in [-0.3, -0.25) is 10.1 Å². The van der Waals surface area contributed by atoms with Crippen LogP contribution < -0.4 is 5.73 Å². The largest absolute Gasteiger partial charge is 0.398 e. The molecule has 0 saturated heterocycles. The molecule has 0 saturated carbocycles. The van der Waals surface area contributed by atoms with Gasteiger partial charge < -0.3 is 11.1 Å². The third kappa shape index (κ3) is 2.06. The second kappa shape index (κ2) is 4.67. The number of nitrogens with two attached hydrogens (primary N) is 1. The van der Waals surface area contributed by atoms with Crippen molar-refractivity contribution in [2.24, 2.45) is 0 Å². The van der Waals surface area contributed by atoms with E-state index < -0.39 is 4.92 Å². The number of nitro groups is 1. The average molecular weight is 241 g/mol. The molecule has 0 atom stereocenters. The van der Waals surface area contributed by atoms with Gasteiger partial charge in [0.05, 0.1) is 4.92 Å². The van der Waals surface area contributed by atoms with E-state index in [1.165, 1.54) is 12.1 Å². The number of hydrogen-bond donors (Lipinski definition) is 2. The fourth-order valence-electron chi connectivity index (χ4n) is 1.74. The molecule has 0 bridgehead atoms. The summed E-state index contributed by atoms with van der Waals surface area (Å²) >= 11 is 0. The van der Waals surface area contributed by atoms with Crippen LogP contribution in [-0.4, -0.2) is 11.1 Å². The predicted octanol–water partition coefficient (Wildman–Crippen LogP) is 2.84. The van der Waals surface area contributed by atoms with Crippen LogP contribution in [0, 0.1) is 15.5 Å². The summed E-state index contributed by atoms with van der Waals surface area (Å²) in [5, 5.41) is 18.1. The van der Waals surface area contributed by atoms with E-state index in [2.05, 4.69) is 0 Å². The van der Waals surface area contributed by atoms with Gasteiger partial charge in [0.2, 0.25) is 0 Å². The van der Waals surface area contributed by atoms with Crippen LogP contribution >= 0.6 is 0 Å². The molecule has 5 nitrogen and oxygen atoms in total. The summed E-state index contributed by atoms with van der Waals surface area (Å²) in [6.07, 6.45) is 1.02. The fourth-order valence-corrected chi connectivity index (χ4v) is 1.74. The van der Waals surface area contributed by atoms with Crippen molar-refractivity contribution in [2.45, 2.75) is 0 Å². The summed E-state index contributed by atoms with van der Waals surface area (Å²) in [6, 6.07) is 11.9. The van der Waals surface area contributed by atoms with Crippen molar-refractivity contribution < 1.29 is 4.92 Å². The van der Waals surface area contributed by atoms with Crippen LogP contribution in [0.1, 0.15) is 5.56 Å². The Balaban J connectivity index is 2.70. The van der Waals surface area contributed by atoms with E-state index >= 15 is 0 Å². The Hall–Kier alpha value is -2.69. The van der Waals surface area contributed by atoms with Gasteiger partial charge >= 0.3 is 0 Å². The second-order valence-electron chi connectivity index (χ2n) is 3.76. The van der Waals surface area contributed by atoms with Gasteiger partial charge in [-0.25, -0.2) is 0 Å². The van der Waals surface area contributed by atoms with Gasteiger partial charge in [0.25, 0.3) is 5.69 Å². The van der Waals surface area contributed by atoms with Gasteiger partial charge in [-0.05, 0) is 5.56 Å². The minimum Gasteiger partial charge on any atom is -0.398 e. The number of benzene rings is 2. The van der Waals surface area contributed by atoms with Crippen LogP contribution in [0.2, 0.25) is 0 Å². The van der Waals surface area contributed by atoms with Crippen molar-refractivity contribution in [1.82, 2.24) is 0 Å². The Bertz CT molecular complexity index is 609. The van der Waals surface area contributed by atoms with Gasteiger partial charge in [-0.15, -0.1) is 0 Å². The number of hydrogen-bond acceptors (Lipinski definition) is 4. The smallest absolute Gasteiger partial charge is 0.270 e. The molecule has 2 aromatic carbocycles. The van der Waals surface area contributed by atoms with Crippen LogP contribution in [0.25, 0.3) is 11.1 Å². The maximum absolute atomic E-state index is 10.9. The number of non-ortho nitro benzene ring substituents is 1. The quantitative estimate of drug-likeness (QED) is 0.374. The zero-order chi connectivity index (χ0) is 13.1. The lowest BCUT2D eigenvalue weighted by Crippen LogP contribution is -1.99. The van der Waals surface area contributed by atoms with Gasteiger partial charge in [-0.2, -0.15) is 0 Å². The highest BCUT2D eigenvalue weighted by atomic mass is 16.6. The van der Waals surface area contributed by atoms with E-state index in [1.807, 2.05) is 30.3 Å². The lowest BCUT2D eigenvalue weighted by atomic mass is 10.00. The summed E-state index contributed by atoms with van der Waals surface area (Å²) in [7, 11) is 0. The Morgan fingerprint density at radius 2 is 1.89 bits per heavy atom. The predicted molar refractivity (Wildman–Crippen MR) is 70.8 cm³/mol. The normalized spacial score (nSPS) is 10.0. The van der Waals surface area contributed by atoms with E-state index in [1.54, 1.807) is 0 Å². The van der Waals surface area contributed by atoms with E-state index in [-0.39, 0.29) is 5.69 Å².